The van der Waals surface area contributed by atoms with Crippen LogP contribution in [0.3, 0.4) is 0 Å². The van der Waals surface area contributed by atoms with E-state index in [-0.39, 0.29) is 29.5 Å². The predicted molar refractivity (Wildman–Crippen MR) is 112 cm³/mol. The van der Waals surface area contributed by atoms with Crippen LogP contribution in [-0.2, 0) is 14.4 Å². The van der Waals surface area contributed by atoms with Crippen LogP contribution in [0.2, 0.25) is 0 Å². The third kappa shape index (κ3) is 2.15. The molecule has 2 bridgehead atoms. The maximum atomic E-state index is 12.8. The summed E-state index contributed by atoms with van der Waals surface area (Å²) in [5.41, 5.74) is -1.64. The highest BCUT2D eigenvalue weighted by Gasteiger charge is 2.77. The first kappa shape index (κ1) is 20.9. The molecule has 0 saturated heterocycles. The molecule has 0 heterocycles. The number of aliphatic carboxylic acids is 2. The van der Waals surface area contributed by atoms with Gasteiger partial charge in [-0.15, -0.1) is 0 Å². The Morgan fingerprint density at radius 3 is 2.29 bits per heavy atom. The van der Waals surface area contributed by atoms with Crippen molar-refractivity contribution in [1.29, 1.82) is 0 Å². The van der Waals surface area contributed by atoms with Gasteiger partial charge in [0.1, 0.15) is 5.78 Å². The van der Waals surface area contributed by atoms with Crippen molar-refractivity contribution in [2.45, 2.75) is 65.4 Å². The van der Waals surface area contributed by atoms with E-state index >= 15 is 0 Å². The standard InChI is InChI=1S/C25H32O6/c1-13(26)15-4-5-16-22(15,2)8-7-17-23(3)9-6-14(27)12-24(23)10-11-25(16,17)19(21(30)31)18(24)20(28)29/h7,10-11,14-16,18-19,27H,4-6,8-9,12H2,1-3H3,(H,28,29)(H,30,31)/t14-,15-,16-,18+,19-,22-,23+,24+,25-/m1/s1. The minimum Gasteiger partial charge on any atom is -0.481 e. The molecule has 3 fully saturated rings. The lowest BCUT2D eigenvalue weighted by Gasteiger charge is -2.72. The van der Waals surface area contributed by atoms with Gasteiger partial charge >= 0.3 is 11.9 Å². The number of hydrogen-bond donors (Lipinski definition) is 3. The van der Waals surface area contributed by atoms with Gasteiger partial charge in [0.2, 0.25) is 0 Å². The summed E-state index contributed by atoms with van der Waals surface area (Å²) in [6.07, 6.45) is 9.16. The van der Waals surface area contributed by atoms with Crippen molar-refractivity contribution in [2.75, 3.05) is 0 Å². The summed E-state index contributed by atoms with van der Waals surface area (Å²) in [6.45, 7) is 5.82. The average molecular weight is 429 g/mol. The van der Waals surface area contributed by atoms with Gasteiger partial charge in [-0.25, -0.2) is 0 Å². The molecular formula is C25H32O6. The lowest BCUT2D eigenvalue weighted by Crippen LogP contribution is -2.70. The van der Waals surface area contributed by atoms with Gasteiger partial charge in [0.05, 0.1) is 17.9 Å². The largest absolute Gasteiger partial charge is 0.481 e. The van der Waals surface area contributed by atoms with Crippen molar-refractivity contribution in [3.8, 4) is 0 Å². The van der Waals surface area contributed by atoms with Gasteiger partial charge in [-0.3, -0.25) is 14.4 Å². The number of carbonyl (C=O) groups is 3. The summed E-state index contributed by atoms with van der Waals surface area (Å²) in [5.74, 6) is -4.47. The molecule has 6 rings (SSSR count). The highest BCUT2D eigenvalue weighted by Crippen LogP contribution is 2.79. The Labute approximate surface area is 182 Å². The summed E-state index contributed by atoms with van der Waals surface area (Å²) in [4.78, 5) is 38.0. The van der Waals surface area contributed by atoms with Crippen LogP contribution in [0.25, 0.3) is 0 Å². The molecule has 0 unspecified atom stereocenters. The normalized spacial score (nSPS) is 52.0. The Morgan fingerprint density at radius 2 is 1.68 bits per heavy atom. The van der Waals surface area contributed by atoms with Crippen molar-refractivity contribution >= 4 is 17.7 Å². The summed E-state index contributed by atoms with van der Waals surface area (Å²) in [7, 11) is 0. The number of aliphatic hydroxyl groups is 1. The van der Waals surface area contributed by atoms with Gasteiger partial charge in [-0.1, -0.05) is 37.6 Å². The Kier molecular flexibility index (Phi) is 4.11. The van der Waals surface area contributed by atoms with E-state index < -0.39 is 46.1 Å². The Balaban J connectivity index is 1.82. The number of hydrogen-bond acceptors (Lipinski definition) is 4. The fourth-order valence-electron chi connectivity index (χ4n) is 9.24. The molecule has 6 aliphatic carbocycles. The molecule has 0 radical (unpaired) electrons. The van der Waals surface area contributed by atoms with Crippen LogP contribution < -0.4 is 0 Å². The molecule has 0 aliphatic heterocycles. The van der Waals surface area contributed by atoms with Crippen molar-refractivity contribution in [1.82, 2.24) is 0 Å². The minimum absolute atomic E-state index is 0.0879. The third-order valence-electron chi connectivity index (χ3n) is 10.4. The van der Waals surface area contributed by atoms with E-state index in [0.29, 0.717) is 19.3 Å². The van der Waals surface area contributed by atoms with E-state index in [4.69, 9.17) is 0 Å². The van der Waals surface area contributed by atoms with Crippen molar-refractivity contribution in [2.24, 2.45) is 45.3 Å². The zero-order chi connectivity index (χ0) is 22.6. The van der Waals surface area contributed by atoms with E-state index in [9.17, 15) is 29.7 Å². The fourth-order valence-corrected chi connectivity index (χ4v) is 9.24. The molecule has 6 aliphatic rings. The Morgan fingerprint density at radius 1 is 1.00 bits per heavy atom. The number of ketones is 1. The zero-order valence-electron chi connectivity index (χ0n) is 18.4. The van der Waals surface area contributed by atoms with Crippen molar-refractivity contribution in [3.63, 3.8) is 0 Å². The molecule has 3 saturated carbocycles. The van der Waals surface area contributed by atoms with E-state index in [0.717, 1.165) is 18.4 Å². The minimum atomic E-state index is -1.11. The topological polar surface area (TPSA) is 112 Å². The van der Waals surface area contributed by atoms with Crippen LogP contribution in [0.5, 0.6) is 0 Å². The predicted octanol–water partition coefficient (Wildman–Crippen LogP) is 3.45. The van der Waals surface area contributed by atoms with Crippen LogP contribution in [0.1, 0.15) is 59.3 Å². The van der Waals surface area contributed by atoms with Crippen molar-refractivity contribution < 1.29 is 29.7 Å². The quantitative estimate of drug-likeness (QED) is 0.594. The molecule has 168 valence electrons. The number of allylic oxidation sites excluding steroid dienone is 4. The number of aliphatic hydroxyl groups excluding tert-OH is 1. The van der Waals surface area contributed by atoms with Crippen LogP contribution in [0.4, 0.5) is 0 Å². The number of rotatable bonds is 3. The first-order valence-corrected chi connectivity index (χ1v) is 11.5. The summed E-state index contributed by atoms with van der Waals surface area (Å²) in [5, 5.41) is 31.4. The van der Waals surface area contributed by atoms with Gasteiger partial charge in [0.15, 0.2) is 0 Å². The smallest absolute Gasteiger partial charge is 0.308 e. The van der Waals surface area contributed by atoms with Crippen molar-refractivity contribution in [3.05, 3.63) is 23.8 Å². The SMILES string of the molecule is CC(=O)[C@H]1CC[C@@H]2[C@]1(C)CC=C1[C@@]23C=C[C@]2(C[C@H](O)CC[C@@]12C)[C@H](C(=O)O)[C@@H]3C(=O)O. The van der Waals surface area contributed by atoms with Crippen LogP contribution in [0.15, 0.2) is 23.8 Å². The Bertz CT molecular complexity index is 950. The zero-order valence-corrected chi connectivity index (χ0v) is 18.4. The second-order valence-electron chi connectivity index (χ2n) is 11.3. The number of carboxylic acid groups (broad SMARTS) is 2. The molecule has 31 heavy (non-hydrogen) atoms. The van der Waals surface area contributed by atoms with Gasteiger partial charge in [-0.2, -0.15) is 0 Å². The molecule has 2 spiro atoms. The van der Waals surface area contributed by atoms with Gasteiger partial charge in [0, 0.05) is 16.7 Å². The van der Waals surface area contributed by atoms with E-state index in [1.54, 1.807) is 6.92 Å². The third-order valence-corrected chi connectivity index (χ3v) is 10.4. The molecule has 0 amide bonds. The molecule has 0 aromatic carbocycles. The maximum absolute atomic E-state index is 12.8. The van der Waals surface area contributed by atoms with Gasteiger partial charge in [-0.05, 0) is 62.2 Å². The van der Waals surface area contributed by atoms with E-state index in [1.807, 2.05) is 12.2 Å². The second-order valence-corrected chi connectivity index (χ2v) is 11.3. The molecular weight excluding hydrogens is 396 g/mol. The van der Waals surface area contributed by atoms with Crippen LogP contribution >= 0.6 is 0 Å². The summed E-state index contributed by atoms with van der Waals surface area (Å²) in [6, 6.07) is 0. The number of Topliss-reactive ketones (excluding diaryl/α,β-unsaturated/α-hetero) is 1. The number of carboxylic acids is 2. The molecule has 9 atom stereocenters. The van der Waals surface area contributed by atoms with Crippen LogP contribution in [0, 0.1) is 45.3 Å². The lowest BCUT2D eigenvalue weighted by molar-refractivity contribution is -0.195. The molecule has 6 heteroatoms. The number of carbonyl (C=O) groups excluding carboxylic acids is 1. The van der Waals surface area contributed by atoms with E-state index in [1.165, 1.54) is 0 Å². The second kappa shape index (κ2) is 6.09. The lowest BCUT2D eigenvalue weighted by atomic mass is 9.30. The summed E-state index contributed by atoms with van der Waals surface area (Å²) < 4.78 is 0. The molecule has 0 aromatic rings. The first-order valence-electron chi connectivity index (χ1n) is 11.5. The van der Waals surface area contributed by atoms with Crippen LogP contribution in [-0.4, -0.2) is 39.1 Å². The fraction of sp³-hybridized carbons (Fsp3) is 0.720. The number of fused-ring (bicyclic) bond motifs is 2. The van der Waals surface area contributed by atoms with Gasteiger partial charge in [0.25, 0.3) is 0 Å². The first-order chi connectivity index (χ1) is 14.5. The molecule has 3 N–H and O–H groups in total. The van der Waals surface area contributed by atoms with E-state index in [2.05, 4.69) is 19.9 Å². The average Bonchev–Trinajstić information content (AvgIpc) is 3.04. The highest BCUT2D eigenvalue weighted by molar-refractivity contribution is 5.86. The molecule has 6 nitrogen and oxygen atoms in total. The summed E-state index contributed by atoms with van der Waals surface area (Å²) >= 11 is 0. The maximum Gasteiger partial charge on any atom is 0.308 e. The Hall–Kier alpha value is -1.95. The monoisotopic (exact) mass is 428 g/mol. The highest BCUT2D eigenvalue weighted by atomic mass is 16.4. The van der Waals surface area contributed by atoms with Gasteiger partial charge < -0.3 is 15.3 Å². The molecule has 0 aromatic heterocycles.